The van der Waals surface area contributed by atoms with Gasteiger partial charge in [0.2, 0.25) is 0 Å². The summed E-state index contributed by atoms with van der Waals surface area (Å²) in [6.07, 6.45) is 0. The van der Waals surface area contributed by atoms with E-state index in [1.54, 1.807) is 6.07 Å². The van der Waals surface area contributed by atoms with Gasteiger partial charge in [0.15, 0.2) is 0 Å². The van der Waals surface area contributed by atoms with E-state index in [0.717, 1.165) is 11.1 Å². The normalized spacial score (nSPS) is 12.4. The van der Waals surface area contributed by atoms with Gasteiger partial charge in [-0.25, -0.2) is 4.79 Å². The van der Waals surface area contributed by atoms with E-state index in [0.29, 0.717) is 5.56 Å². The Labute approximate surface area is 124 Å². The van der Waals surface area contributed by atoms with Crippen molar-refractivity contribution in [2.45, 2.75) is 32.6 Å². The van der Waals surface area contributed by atoms with Gasteiger partial charge in [-0.1, -0.05) is 57.2 Å². The van der Waals surface area contributed by atoms with Crippen LogP contribution in [0.1, 0.15) is 59.7 Å². The highest BCUT2D eigenvalue weighted by Crippen LogP contribution is 2.34. The average Bonchev–Trinajstić information content (AvgIpc) is 2.47. The maximum atomic E-state index is 11.3. The highest BCUT2D eigenvalue weighted by molar-refractivity contribution is 5.91. The van der Waals surface area contributed by atoms with Crippen molar-refractivity contribution in [1.82, 2.24) is 0 Å². The van der Waals surface area contributed by atoms with Crippen LogP contribution in [0.3, 0.4) is 0 Å². The number of rotatable bonds is 4. The van der Waals surface area contributed by atoms with Gasteiger partial charge < -0.3 is 10.2 Å². The highest BCUT2D eigenvalue weighted by Gasteiger charge is 2.20. The lowest BCUT2D eigenvalue weighted by atomic mass is 9.88. The summed E-state index contributed by atoms with van der Waals surface area (Å²) < 4.78 is 0. The lowest BCUT2D eigenvalue weighted by Gasteiger charge is -2.18. The third kappa shape index (κ3) is 3.07. The standard InChI is InChI=1S/C18H20O3/c1-11(2)15-9-14(10-16(17(15)19)18(20)21)12(3)13-7-5-4-6-8-13/h4-12,19H,1-3H3,(H,20,21). The number of aromatic hydroxyl groups is 1. The molecule has 0 saturated carbocycles. The smallest absolute Gasteiger partial charge is 0.339 e. The van der Waals surface area contributed by atoms with Gasteiger partial charge in [-0.2, -0.15) is 0 Å². The number of carboxylic acid groups (broad SMARTS) is 1. The molecular formula is C18H20O3. The van der Waals surface area contributed by atoms with Gasteiger partial charge in [-0.3, -0.25) is 0 Å². The molecule has 0 heterocycles. The predicted octanol–water partition coefficient (Wildman–Crippen LogP) is 4.37. The third-order valence-corrected chi connectivity index (χ3v) is 3.81. The lowest BCUT2D eigenvalue weighted by molar-refractivity contribution is 0.0693. The second-order valence-electron chi connectivity index (χ2n) is 5.60. The van der Waals surface area contributed by atoms with E-state index in [1.807, 2.05) is 57.2 Å². The maximum absolute atomic E-state index is 11.3. The van der Waals surface area contributed by atoms with Crippen molar-refractivity contribution in [3.05, 3.63) is 64.7 Å². The Hall–Kier alpha value is -2.29. The van der Waals surface area contributed by atoms with E-state index in [2.05, 4.69) is 0 Å². The summed E-state index contributed by atoms with van der Waals surface area (Å²) in [5.41, 5.74) is 2.67. The van der Waals surface area contributed by atoms with Crippen LogP contribution < -0.4 is 0 Å². The third-order valence-electron chi connectivity index (χ3n) is 3.81. The first-order valence-corrected chi connectivity index (χ1v) is 7.06. The molecule has 0 fully saturated rings. The van der Waals surface area contributed by atoms with Crippen molar-refractivity contribution < 1.29 is 15.0 Å². The monoisotopic (exact) mass is 284 g/mol. The molecule has 0 saturated heterocycles. The molecule has 110 valence electrons. The van der Waals surface area contributed by atoms with Crippen molar-refractivity contribution in [3.8, 4) is 5.75 Å². The van der Waals surface area contributed by atoms with Crippen molar-refractivity contribution >= 4 is 5.97 Å². The number of carbonyl (C=O) groups is 1. The summed E-state index contributed by atoms with van der Waals surface area (Å²) in [5, 5.41) is 19.4. The molecule has 1 unspecified atom stereocenters. The minimum Gasteiger partial charge on any atom is -0.507 e. The molecule has 2 N–H and O–H groups in total. The van der Waals surface area contributed by atoms with Crippen molar-refractivity contribution in [1.29, 1.82) is 0 Å². The molecule has 0 aliphatic heterocycles. The zero-order valence-electron chi connectivity index (χ0n) is 12.5. The Kier molecular flexibility index (Phi) is 4.32. The van der Waals surface area contributed by atoms with Crippen LogP contribution >= 0.6 is 0 Å². The zero-order chi connectivity index (χ0) is 15.6. The first kappa shape index (κ1) is 15.1. The van der Waals surface area contributed by atoms with Crippen LogP contribution in [0.25, 0.3) is 0 Å². The number of aromatic carboxylic acids is 1. The molecular weight excluding hydrogens is 264 g/mol. The summed E-state index contributed by atoms with van der Waals surface area (Å²) in [5.74, 6) is -1.09. The molecule has 0 aromatic heterocycles. The first-order chi connectivity index (χ1) is 9.91. The SMILES string of the molecule is CC(C)c1cc(C(C)c2ccccc2)cc(C(=O)O)c1O. The summed E-state index contributed by atoms with van der Waals surface area (Å²) in [6, 6.07) is 13.4. The van der Waals surface area contributed by atoms with Gasteiger partial charge in [-0.05, 0) is 28.7 Å². The first-order valence-electron chi connectivity index (χ1n) is 7.06. The van der Waals surface area contributed by atoms with Crippen LogP contribution in [-0.2, 0) is 0 Å². The number of carboxylic acids is 1. The Morgan fingerprint density at radius 3 is 2.14 bits per heavy atom. The molecule has 0 aliphatic rings. The maximum Gasteiger partial charge on any atom is 0.339 e. The van der Waals surface area contributed by atoms with Crippen LogP contribution in [0.15, 0.2) is 42.5 Å². The summed E-state index contributed by atoms with van der Waals surface area (Å²) in [4.78, 5) is 11.3. The molecule has 2 aromatic rings. The van der Waals surface area contributed by atoms with E-state index in [9.17, 15) is 15.0 Å². The van der Waals surface area contributed by atoms with Gasteiger partial charge >= 0.3 is 5.97 Å². The number of benzene rings is 2. The van der Waals surface area contributed by atoms with Crippen LogP contribution in [0.2, 0.25) is 0 Å². The Morgan fingerprint density at radius 1 is 1.00 bits per heavy atom. The zero-order valence-corrected chi connectivity index (χ0v) is 12.5. The Balaban J connectivity index is 2.56. The van der Waals surface area contributed by atoms with Gasteiger partial charge in [-0.15, -0.1) is 0 Å². The number of phenols is 1. The molecule has 21 heavy (non-hydrogen) atoms. The summed E-state index contributed by atoms with van der Waals surface area (Å²) in [6.45, 7) is 5.92. The Morgan fingerprint density at radius 2 is 1.62 bits per heavy atom. The van der Waals surface area contributed by atoms with Crippen LogP contribution in [0.5, 0.6) is 5.75 Å². The fourth-order valence-electron chi connectivity index (χ4n) is 2.47. The molecule has 3 heteroatoms. The topological polar surface area (TPSA) is 57.5 Å². The average molecular weight is 284 g/mol. The summed E-state index contributed by atoms with van der Waals surface area (Å²) >= 11 is 0. The van der Waals surface area contributed by atoms with E-state index in [1.165, 1.54) is 0 Å². The second-order valence-corrected chi connectivity index (χ2v) is 5.60. The highest BCUT2D eigenvalue weighted by atomic mass is 16.4. The van der Waals surface area contributed by atoms with Gasteiger partial charge in [0, 0.05) is 5.92 Å². The lowest BCUT2D eigenvalue weighted by Crippen LogP contribution is -2.05. The molecule has 3 nitrogen and oxygen atoms in total. The van der Waals surface area contributed by atoms with Gasteiger partial charge in [0.25, 0.3) is 0 Å². The fourth-order valence-corrected chi connectivity index (χ4v) is 2.47. The summed E-state index contributed by atoms with van der Waals surface area (Å²) in [7, 11) is 0. The van der Waals surface area contributed by atoms with Crippen molar-refractivity contribution in [2.24, 2.45) is 0 Å². The molecule has 0 aliphatic carbocycles. The molecule has 0 bridgehead atoms. The minimum atomic E-state index is -1.10. The van der Waals surface area contributed by atoms with E-state index in [-0.39, 0.29) is 23.1 Å². The number of hydrogen-bond acceptors (Lipinski definition) is 2. The predicted molar refractivity (Wildman–Crippen MR) is 83.1 cm³/mol. The van der Waals surface area contributed by atoms with E-state index in [4.69, 9.17) is 0 Å². The number of hydrogen-bond donors (Lipinski definition) is 2. The fraction of sp³-hybridized carbons (Fsp3) is 0.278. The van der Waals surface area contributed by atoms with Crippen LogP contribution in [-0.4, -0.2) is 16.2 Å². The second kappa shape index (κ2) is 6.00. The van der Waals surface area contributed by atoms with Crippen molar-refractivity contribution in [2.75, 3.05) is 0 Å². The minimum absolute atomic E-state index is 0.0287. The van der Waals surface area contributed by atoms with E-state index < -0.39 is 5.97 Å². The van der Waals surface area contributed by atoms with E-state index >= 15 is 0 Å². The molecule has 2 rings (SSSR count). The molecule has 1 atom stereocenters. The van der Waals surface area contributed by atoms with Crippen LogP contribution in [0.4, 0.5) is 0 Å². The Bertz CT molecular complexity index is 645. The largest absolute Gasteiger partial charge is 0.507 e. The molecule has 2 aromatic carbocycles. The molecule has 0 amide bonds. The van der Waals surface area contributed by atoms with Crippen molar-refractivity contribution in [3.63, 3.8) is 0 Å². The van der Waals surface area contributed by atoms with Gasteiger partial charge in [0.1, 0.15) is 11.3 Å². The van der Waals surface area contributed by atoms with Gasteiger partial charge in [0.05, 0.1) is 0 Å². The molecule has 0 spiro atoms. The quantitative estimate of drug-likeness (QED) is 0.876. The van der Waals surface area contributed by atoms with Crippen LogP contribution in [0, 0.1) is 0 Å². The molecule has 0 radical (unpaired) electrons.